The number of anilines is 1. The summed E-state index contributed by atoms with van der Waals surface area (Å²) in [6.45, 7) is 3.57. The van der Waals surface area contributed by atoms with Gasteiger partial charge in [0.15, 0.2) is 0 Å². The highest BCUT2D eigenvalue weighted by Crippen LogP contribution is 2.13. The van der Waals surface area contributed by atoms with Crippen molar-refractivity contribution < 1.29 is 9.53 Å². The molecular weight excluding hydrogens is 316 g/mol. The highest BCUT2D eigenvalue weighted by molar-refractivity contribution is 5.76. The number of nitrogen functional groups attached to an aromatic ring is 1. The molecule has 1 fully saturated rings. The highest BCUT2D eigenvalue weighted by Gasteiger charge is 2.22. The van der Waals surface area contributed by atoms with Crippen LogP contribution in [0.2, 0.25) is 0 Å². The topological polar surface area (TPSA) is 80.5 Å². The Morgan fingerprint density at radius 2 is 2.12 bits per heavy atom. The first kappa shape index (κ1) is 17.4. The molecule has 25 heavy (non-hydrogen) atoms. The van der Waals surface area contributed by atoms with Gasteiger partial charge in [0.25, 0.3) is 0 Å². The Balaban J connectivity index is 1.45. The number of ether oxygens (including phenoxy) is 1. The Kier molecular flexibility index (Phi) is 5.98. The number of amides is 1. The summed E-state index contributed by atoms with van der Waals surface area (Å²) in [7, 11) is 0. The number of hydrogen-bond donors (Lipinski definition) is 2. The predicted octanol–water partition coefficient (Wildman–Crippen LogP) is 1.57. The SMILES string of the molecule is Nc1ncccc1CNC(=O)C[C@@H]1CN(Cc2ccccc2)CCO1. The van der Waals surface area contributed by atoms with Crippen LogP contribution in [0.3, 0.4) is 0 Å². The minimum atomic E-state index is -0.0799. The number of nitrogens with zero attached hydrogens (tertiary/aromatic N) is 2. The molecule has 0 radical (unpaired) electrons. The van der Waals surface area contributed by atoms with Gasteiger partial charge >= 0.3 is 0 Å². The monoisotopic (exact) mass is 340 g/mol. The number of rotatable bonds is 6. The van der Waals surface area contributed by atoms with E-state index in [2.05, 4.69) is 27.3 Å². The van der Waals surface area contributed by atoms with Crippen LogP contribution in [0.4, 0.5) is 5.82 Å². The number of carbonyl (C=O) groups excluding carboxylic acids is 1. The zero-order valence-corrected chi connectivity index (χ0v) is 14.2. The average Bonchev–Trinajstić information content (AvgIpc) is 2.62. The van der Waals surface area contributed by atoms with Crippen molar-refractivity contribution in [3.63, 3.8) is 0 Å². The molecule has 0 aliphatic carbocycles. The predicted molar refractivity (Wildman–Crippen MR) is 96.6 cm³/mol. The van der Waals surface area contributed by atoms with Gasteiger partial charge in [-0.3, -0.25) is 9.69 Å². The van der Waals surface area contributed by atoms with E-state index in [0.717, 1.165) is 25.2 Å². The number of pyridine rings is 1. The Morgan fingerprint density at radius 3 is 2.92 bits per heavy atom. The summed E-state index contributed by atoms with van der Waals surface area (Å²) < 4.78 is 5.75. The molecule has 3 N–H and O–H groups in total. The number of carbonyl (C=O) groups is 1. The Bertz CT molecular complexity index is 693. The van der Waals surface area contributed by atoms with Gasteiger partial charge in [-0.2, -0.15) is 0 Å². The van der Waals surface area contributed by atoms with Crippen LogP contribution in [-0.4, -0.2) is 41.6 Å². The first-order valence-electron chi connectivity index (χ1n) is 8.54. The summed E-state index contributed by atoms with van der Waals surface area (Å²) in [5.41, 5.74) is 7.89. The second-order valence-corrected chi connectivity index (χ2v) is 6.24. The van der Waals surface area contributed by atoms with Gasteiger partial charge in [-0.25, -0.2) is 4.98 Å². The molecule has 1 aliphatic rings. The van der Waals surface area contributed by atoms with E-state index in [1.54, 1.807) is 6.20 Å². The minimum Gasteiger partial charge on any atom is -0.383 e. The van der Waals surface area contributed by atoms with Gasteiger partial charge in [0.1, 0.15) is 5.82 Å². The van der Waals surface area contributed by atoms with Gasteiger partial charge in [0, 0.05) is 37.9 Å². The first-order valence-corrected chi connectivity index (χ1v) is 8.54. The zero-order valence-electron chi connectivity index (χ0n) is 14.2. The van der Waals surface area contributed by atoms with Crippen molar-refractivity contribution in [2.75, 3.05) is 25.4 Å². The van der Waals surface area contributed by atoms with Crippen molar-refractivity contribution >= 4 is 11.7 Å². The Labute approximate surface area is 148 Å². The number of hydrogen-bond acceptors (Lipinski definition) is 5. The fourth-order valence-electron chi connectivity index (χ4n) is 2.96. The number of morpholine rings is 1. The molecule has 6 nitrogen and oxygen atoms in total. The minimum absolute atomic E-state index is 0.0326. The maximum Gasteiger partial charge on any atom is 0.222 e. The van der Waals surface area contributed by atoms with Crippen molar-refractivity contribution in [2.24, 2.45) is 0 Å². The number of aromatic nitrogens is 1. The smallest absolute Gasteiger partial charge is 0.222 e. The Morgan fingerprint density at radius 1 is 1.28 bits per heavy atom. The van der Waals surface area contributed by atoms with Crippen LogP contribution >= 0.6 is 0 Å². The third-order valence-electron chi connectivity index (χ3n) is 4.29. The zero-order chi connectivity index (χ0) is 17.5. The van der Waals surface area contributed by atoms with Crippen LogP contribution in [-0.2, 0) is 22.6 Å². The largest absolute Gasteiger partial charge is 0.383 e. The van der Waals surface area contributed by atoms with Crippen molar-refractivity contribution in [1.82, 2.24) is 15.2 Å². The molecule has 2 heterocycles. The van der Waals surface area contributed by atoms with Gasteiger partial charge in [0.2, 0.25) is 5.91 Å². The van der Waals surface area contributed by atoms with Gasteiger partial charge in [-0.05, 0) is 11.6 Å². The van der Waals surface area contributed by atoms with E-state index in [-0.39, 0.29) is 12.0 Å². The highest BCUT2D eigenvalue weighted by atomic mass is 16.5. The van der Waals surface area contributed by atoms with Crippen LogP contribution < -0.4 is 11.1 Å². The van der Waals surface area contributed by atoms with Gasteiger partial charge in [-0.15, -0.1) is 0 Å². The fraction of sp³-hybridized carbons (Fsp3) is 0.368. The third-order valence-corrected chi connectivity index (χ3v) is 4.29. The van der Waals surface area contributed by atoms with Gasteiger partial charge in [-0.1, -0.05) is 36.4 Å². The molecule has 1 aliphatic heterocycles. The molecule has 0 bridgehead atoms. The van der Waals surface area contributed by atoms with Crippen molar-refractivity contribution in [3.05, 3.63) is 59.8 Å². The van der Waals surface area contributed by atoms with Gasteiger partial charge < -0.3 is 15.8 Å². The lowest BCUT2D eigenvalue weighted by atomic mass is 10.1. The maximum atomic E-state index is 12.2. The summed E-state index contributed by atoms with van der Waals surface area (Å²) in [4.78, 5) is 18.5. The lowest BCUT2D eigenvalue weighted by Crippen LogP contribution is -2.44. The lowest BCUT2D eigenvalue weighted by Gasteiger charge is -2.32. The molecule has 6 heteroatoms. The molecule has 1 aromatic carbocycles. The van der Waals surface area contributed by atoms with Crippen LogP contribution in [0, 0.1) is 0 Å². The van der Waals surface area contributed by atoms with Gasteiger partial charge in [0.05, 0.1) is 19.1 Å². The molecule has 2 aromatic rings. The van der Waals surface area contributed by atoms with Crippen molar-refractivity contribution in [1.29, 1.82) is 0 Å². The molecule has 1 saturated heterocycles. The summed E-state index contributed by atoms with van der Waals surface area (Å²) in [6.07, 6.45) is 1.91. The lowest BCUT2D eigenvalue weighted by molar-refractivity contribution is -0.126. The quantitative estimate of drug-likeness (QED) is 0.834. The molecule has 1 atom stereocenters. The molecular formula is C19H24N4O2. The first-order chi connectivity index (χ1) is 12.2. The maximum absolute atomic E-state index is 12.2. The van der Waals surface area contributed by atoms with E-state index in [9.17, 15) is 4.79 Å². The molecule has 1 aromatic heterocycles. The molecule has 0 saturated carbocycles. The van der Waals surface area contributed by atoms with Crippen molar-refractivity contribution in [3.8, 4) is 0 Å². The fourth-order valence-corrected chi connectivity index (χ4v) is 2.96. The van der Waals surface area contributed by atoms with Crippen LogP contribution in [0.5, 0.6) is 0 Å². The van der Waals surface area contributed by atoms with E-state index in [1.165, 1.54) is 5.56 Å². The second kappa shape index (κ2) is 8.60. The van der Waals surface area contributed by atoms with E-state index in [1.807, 2.05) is 30.3 Å². The van der Waals surface area contributed by atoms with E-state index >= 15 is 0 Å². The normalized spacial score (nSPS) is 18.0. The summed E-state index contributed by atoms with van der Waals surface area (Å²) in [5, 5.41) is 2.89. The molecule has 0 unspecified atom stereocenters. The average molecular weight is 340 g/mol. The van der Waals surface area contributed by atoms with Crippen molar-refractivity contribution in [2.45, 2.75) is 25.6 Å². The summed E-state index contributed by atoms with van der Waals surface area (Å²) in [6, 6.07) is 14.0. The molecule has 132 valence electrons. The third kappa shape index (κ3) is 5.27. The number of nitrogens with two attached hydrogens (primary N) is 1. The number of benzene rings is 1. The Hall–Kier alpha value is -2.44. The molecule has 3 rings (SSSR count). The molecule has 0 spiro atoms. The summed E-state index contributed by atoms with van der Waals surface area (Å²) >= 11 is 0. The second-order valence-electron chi connectivity index (χ2n) is 6.24. The van der Waals surface area contributed by atoms with E-state index < -0.39 is 0 Å². The number of nitrogens with one attached hydrogen (secondary N) is 1. The van der Waals surface area contributed by atoms with E-state index in [4.69, 9.17) is 10.5 Å². The summed E-state index contributed by atoms with van der Waals surface area (Å²) in [5.74, 6) is 0.417. The molecule has 1 amide bonds. The standard InChI is InChI=1S/C19H24N4O2/c20-19-16(7-4-8-21-19)12-22-18(24)11-17-14-23(9-10-25-17)13-15-5-2-1-3-6-15/h1-8,17H,9-14H2,(H2,20,21)(H,22,24)/t17-/m1/s1. The van der Waals surface area contributed by atoms with Crippen LogP contribution in [0.15, 0.2) is 48.7 Å². The van der Waals surface area contributed by atoms with Crippen LogP contribution in [0.25, 0.3) is 0 Å². The van der Waals surface area contributed by atoms with Crippen LogP contribution in [0.1, 0.15) is 17.5 Å². The van der Waals surface area contributed by atoms with E-state index in [0.29, 0.717) is 25.4 Å².